The third-order valence-electron chi connectivity index (χ3n) is 3.63. The quantitative estimate of drug-likeness (QED) is 0.826. The van der Waals surface area contributed by atoms with Crippen LogP contribution < -0.4 is 10.1 Å². The zero-order chi connectivity index (χ0) is 15.1. The number of hydrogen-bond acceptors (Lipinski definition) is 2. The van der Waals surface area contributed by atoms with Crippen LogP contribution in [0.2, 0.25) is 0 Å². The van der Waals surface area contributed by atoms with Crippen LogP contribution in [0.15, 0.2) is 18.2 Å². The molecule has 1 amide bonds. The van der Waals surface area contributed by atoms with Gasteiger partial charge in [0.2, 0.25) is 5.91 Å². The van der Waals surface area contributed by atoms with Gasteiger partial charge in [-0.3, -0.25) is 4.79 Å². The minimum atomic E-state index is 0.138. The SMILES string of the molecule is CCCNC(=O)CC(c1ccc(OC)c(C)c1)C(C)C. The molecular weight excluding hydrogens is 250 g/mol. The average molecular weight is 277 g/mol. The highest BCUT2D eigenvalue weighted by Crippen LogP contribution is 2.31. The molecule has 1 unspecified atom stereocenters. The van der Waals surface area contributed by atoms with E-state index in [0.717, 1.165) is 24.3 Å². The van der Waals surface area contributed by atoms with Crippen molar-refractivity contribution >= 4 is 5.91 Å². The van der Waals surface area contributed by atoms with Crippen LogP contribution in [-0.4, -0.2) is 19.6 Å². The number of amides is 1. The average Bonchev–Trinajstić information content (AvgIpc) is 2.42. The normalized spacial score (nSPS) is 12.3. The number of ether oxygens (including phenoxy) is 1. The lowest BCUT2D eigenvalue weighted by Gasteiger charge is -2.22. The molecule has 0 radical (unpaired) electrons. The summed E-state index contributed by atoms with van der Waals surface area (Å²) in [6.45, 7) is 9.18. The van der Waals surface area contributed by atoms with E-state index < -0.39 is 0 Å². The largest absolute Gasteiger partial charge is 0.496 e. The van der Waals surface area contributed by atoms with Crippen LogP contribution in [0, 0.1) is 12.8 Å². The Morgan fingerprint density at radius 2 is 2.05 bits per heavy atom. The van der Waals surface area contributed by atoms with Crippen molar-refractivity contribution < 1.29 is 9.53 Å². The van der Waals surface area contributed by atoms with Gasteiger partial charge in [-0.2, -0.15) is 0 Å². The molecule has 0 saturated carbocycles. The zero-order valence-electron chi connectivity index (χ0n) is 13.3. The topological polar surface area (TPSA) is 38.3 Å². The van der Waals surface area contributed by atoms with Crippen LogP contribution in [0.1, 0.15) is 50.7 Å². The fraction of sp³-hybridized carbons (Fsp3) is 0.588. The number of benzene rings is 1. The standard InChI is InChI=1S/C17H27NO2/c1-6-9-18-17(19)11-15(12(2)3)14-7-8-16(20-5)13(4)10-14/h7-8,10,12,15H,6,9,11H2,1-5H3,(H,18,19). The third-order valence-corrected chi connectivity index (χ3v) is 3.63. The van der Waals surface area contributed by atoms with E-state index in [1.165, 1.54) is 5.56 Å². The minimum Gasteiger partial charge on any atom is -0.496 e. The Hall–Kier alpha value is -1.51. The molecule has 1 aromatic rings. The number of rotatable bonds is 7. The summed E-state index contributed by atoms with van der Waals surface area (Å²) in [6.07, 6.45) is 1.52. The Kier molecular flexibility index (Phi) is 6.56. The van der Waals surface area contributed by atoms with Crippen LogP contribution in [0.5, 0.6) is 5.75 Å². The lowest BCUT2D eigenvalue weighted by Crippen LogP contribution is -2.27. The van der Waals surface area contributed by atoms with Crippen molar-refractivity contribution in [3.63, 3.8) is 0 Å². The molecule has 112 valence electrons. The van der Waals surface area contributed by atoms with Crippen LogP contribution in [-0.2, 0) is 4.79 Å². The molecule has 1 N–H and O–H groups in total. The summed E-state index contributed by atoms with van der Waals surface area (Å²) in [5.41, 5.74) is 2.33. The van der Waals surface area contributed by atoms with Gasteiger partial charge in [0.15, 0.2) is 0 Å². The second-order valence-corrected chi connectivity index (χ2v) is 5.63. The van der Waals surface area contributed by atoms with Gasteiger partial charge in [-0.05, 0) is 42.4 Å². The molecule has 20 heavy (non-hydrogen) atoms. The Morgan fingerprint density at radius 1 is 1.35 bits per heavy atom. The Labute approximate surface area is 122 Å². The first kappa shape index (κ1) is 16.5. The first-order valence-electron chi connectivity index (χ1n) is 7.40. The molecule has 3 nitrogen and oxygen atoms in total. The summed E-state index contributed by atoms with van der Waals surface area (Å²) in [5.74, 6) is 1.71. The lowest BCUT2D eigenvalue weighted by atomic mass is 9.85. The van der Waals surface area contributed by atoms with Crippen molar-refractivity contribution in [2.75, 3.05) is 13.7 Å². The van der Waals surface area contributed by atoms with Crippen molar-refractivity contribution in [3.8, 4) is 5.75 Å². The van der Waals surface area contributed by atoms with E-state index in [2.05, 4.69) is 38.2 Å². The lowest BCUT2D eigenvalue weighted by molar-refractivity contribution is -0.121. The maximum Gasteiger partial charge on any atom is 0.220 e. The summed E-state index contributed by atoms with van der Waals surface area (Å²) in [4.78, 5) is 12.0. The molecule has 0 aromatic heterocycles. The van der Waals surface area contributed by atoms with Crippen LogP contribution >= 0.6 is 0 Å². The van der Waals surface area contributed by atoms with E-state index >= 15 is 0 Å². The van der Waals surface area contributed by atoms with Crippen molar-refractivity contribution in [2.24, 2.45) is 5.92 Å². The summed E-state index contributed by atoms with van der Waals surface area (Å²) in [6, 6.07) is 6.20. The molecule has 0 saturated heterocycles. The second kappa shape index (κ2) is 7.93. The molecule has 1 atom stereocenters. The first-order valence-corrected chi connectivity index (χ1v) is 7.40. The molecular formula is C17H27NO2. The molecule has 3 heteroatoms. The van der Waals surface area contributed by atoms with E-state index in [1.807, 2.05) is 13.0 Å². The van der Waals surface area contributed by atoms with E-state index in [1.54, 1.807) is 7.11 Å². The van der Waals surface area contributed by atoms with Gasteiger partial charge < -0.3 is 10.1 Å². The van der Waals surface area contributed by atoms with E-state index in [9.17, 15) is 4.79 Å². The molecule has 0 spiro atoms. The highest BCUT2D eigenvalue weighted by molar-refractivity contribution is 5.76. The number of carbonyl (C=O) groups is 1. The summed E-state index contributed by atoms with van der Waals surface area (Å²) in [5, 5.41) is 2.96. The Bertz CT molecular complexity index is 441. The smallest absolute Gasteiger partial charge is 0.220 e. The molecule has 1 rings (SSSR count). The second-order valence-electron chi connectivity index (χ2n) is 5.63. The predicted molar refractivity (Wildman–Crippen MR) is 83.2 cm³/mol. The molecule has 1 aromatic carbocycles. The van der Waals surface area contributed by atoms with Crippen LogP contribution in [0.3, 0.4) is 0 Å². The third kappa shape index (κ3) is 4.55. The molecule has 0 heterocycles. The number of methoxy groups -OCH3 is 1. The summed E-state index contributed by atoms with van der Waals surface area (Å²) >= 11 is 0. The molecule has 0 fully saturated rings. The number of aryl methyl sites for hydroxylation is 1. The van der Waals surface area contributed by atoms with Gasteiger partial charge in [0.1, 0.15) is 5.75 Å². The van der Waals surface area contributed by atoms with E-state index in [4.69, 9.17) is 4.74 Å². The van der Waals surface area contributed by atoms with Gasteiger partial charge in [-0.25, -0.2) is 0 Å². The molecule has 0 aliphatic rings. The summed E-state index contributed by atoms with van der Waals surface area (Å²) in [7, 11) is 1.68. The number of carbonyl (C=O) groups excluding carboxylic acids is 1. The maximum atomic E-state index is 12.0. The van der Waals surface area contributed by atoms with Crippen LogP contribution in [0.25, 0.3) is 0 Å². The van der Waals surface area contributed by atoms with Gasteiger partial charge in [-0.15, -0.1) is 0 Å². The van der Waals surface area contributed by atoms with Gasteiger partial charge in [-0.1, -0.05) is 32.9 Å². The fourth-order valence-corrected chi connectivity index (χ4v) is 2.41. The maximum absolute atomic E-state index is 12.0. The molecule has 0 aliphatic heterocycles. The Morgan fingerprint density at radius 3 is 2.55 bits per heavy atom. The first-order chi connectivity index (χ1) is 9.49. The van der Waals surface area contributed by atoms with Crippen LogP contribution in [0.4, 0.5) is 0 Å². The van der Waals surface area contributed by atoms with Gasteiger partial charge in [0.05, 0.1) is 7.11 Å². The predicted octanol–water partition coefficient (Wildman–Crippen LogP) is 3.66. The Balaban J connectivity index is 2.85. The van der Waals surface area contributed by atoms with E-state index in [-0.39, 0.29) is 11.8 Å². The molecule has 0 aliphatic carbocycles. The highest BCUT2D eigenvalue weighted by Gasteiger charge is 2.20. The van der Waals surface area contributed by atoms with Gasteiger partial charge in [0.25, 0.3) is 0 Å². The minimum absolute atomic E-state index is 0.138. The number of hydrogen-bond donors (Lipinski definition) is 1. The summed E-state index contributed by atoms with van der Waals surface area (Å²) < 4.78 is 5.30. The monoisotopic (exact) mass is 277 g/mol. The van der Waals surface area contributed by atoms with Crippen molar-refractivity contribution in [2.45, 2.75) is 46.5 Å². The fourth-order valence-electron chi connectivity index (χ4n) is 2.41. The highest BCUT2D eigenvalue weighted by atomic mass is 16.5. The van der Waals surface area contributed by atoms with Crippen molar-refractivity contribution in [3.05, 3.63) is 29.3 Å². The van der Waals surface area contributed by atoms with Crippen molar-refractivity contribution in [1.82, 2.24) is 5.32 Å². The van der Waals surface area contributed by atoms with Gasteiger partial charge in [0, 0.05) is 13.0 Å². The van der Waals surface area contributed by atoms with Gasteiger partial charge >= 0.3 is 0 Å². The molecule has 0 bridgehead atoms. The van der Waals surface area contributed by atoms with E-state index in [0.29, 0.717) is 12.3 Å². The van der Waals surface area contributed by atoms with Crippen molar-refractivity contribution in [1.29, 1.82) is 0 Å². The zero-order valence-corrected chi connectivity index (χ0v) is 13.3. The number of nitrogens with one attached hydrogen (secondary N) is 1.